The van der Waals surface area contributed by atoms with Gasteiger partial charge in [-0.25, -0.2) is 0 Å². The Morgan fingerprint density at radius 1 is 0.839 bits per heavy atom. The van der Waals surface area contributed by atoms with Crippen molar-refractivity contribution < 1.29 is 38.6 Å². The van der Waals surface area contributed by atoms with E-state index in [9.17, 15) is 24.0 Å². The Morgan fingerprint density at radius 2 is 1.35 bits per heavy atom. The van der Waals surface area contributed by atoms with Crippen LogP contribution in [-0.2, 0) is 33.4 Å². The molecule has 0 saturated carbocycles. The highest BCUT2D eigenvalue weighted by Gasteiger charge is 2.11. The van der Waals surface area contributed by atoms with Crippen molar-refractivity contribution in [1.29, 1.82) is 0 Å². The Hall–Kier alpha value is -2.77. The van der Waals surface area contributed by atoms with Crippen molar-refractivity contribution in [3.8, 4) is 0 Å². The van der Waals surface area contributed by atoms with Gasteiger partial charge in [-0.2, -0.15) is 0 Å². The summed E-state index contributed by atoms with van der Waals surface area (Å²) in [5, 5.41) is 18.8. The normalized spacial score (nSPS) is 11.4. The maximum Gasteiger partial charge on any atom is 0.312 e. The summed E-state index contributed by atoms with van der Waals surface area (Å²) in [7, 11) is 1.66. The number of primary amides is 1. The number of carboxylic acid groups (broad SMARTS) is 1. The smallest absolute Gasteiger partial charge is 0.312 e. The molecule has 0 radical (unpaired) electrons. The molecule has 0 rings (SSSR count). The van der Waals surface area contributed by atoms with E-state index in [1.807, 2.05) is 0 Å². The second kappa shape index (κ2) is 18.0. The number of hydrogen-bond acceptors (Lipinski definition) is 8. The lowest BCUT2D eigenvalue weighted by atomic mass is 10.1. The van der Waals surface area contributed by atoms with E-state index < -0.39 is 24.2 Å². The van der Waals surface area contributed by atoms with Crippen molar-refractivity contribution in [3.63, 3.8) is 0 Å². The van der Waals surface area contributed by atoms with Crippen LogP contribution in [0.2, 0.25) is 0 Å². The molecule has 31 heavy (non-hydrogen) atoms. The number of unbranched alkanes of at least 4 members (excludes halogenated alkanes) is 1. The van der Waals surface area contributed by atoms with E-state index in [2.05, 4.69) is 21.3 Å². The highest BCUT2D eigenvalue weighted by molar-refractivity contribution is 5.93. The van der Waals surface area contributed by atoms with E-state index in [1.54, 1.807) is 7.05 Å². The van der Waals surface area contributed by atoms with Gasteiger partial charge in [0.15, 0.2) is 0 Å². The lowest BCUT2D eigenvalue weighted by molar-refractivity contribution is -0.140. The van der Waals surface area contributed by atoms with Crippen molar-refractivity contribution in [2.45, 2.75) is 31.7 Å². The molecule has 7 N–H and O–H groups in total. The molecule has 0 fully saturated rings. The lowest BCUT2D eigenvalue weighted by Gasteiger charge is -2.12. The molecule has 0 aliphatic rings. The molecule has 0 spiro atoms. The molecule has 1 unspecified atom stereocenters. The first-order valence-electron chi connectivity index (χ1n) is 9.90. The number of aliphatic carboxylic acids is 1. The molecule has 0 saturated heterocycles. The number of nitrogens with one attached hydrogen (secondary N) is 4. The molecule has 13 heteroatoms. The summed E-state index contributed by atoms with van der Waals surface area (Å²) in [4.78, 5) is 55.6. The van der Waals surface area contributed by atoms with Gasteiger partial charge in [0.25, 0.3) is 0 Å². The fourth-order valence-electron chi connectivity index (χ4n) is 2.29. The predicted molar refractivity (Wildman–Crippen MR) is 109 cm³/mol. The van der Waals surface area contributed by atoms with Gasteiger partial charge in [0.05, 0.1) is 19.3 Å². The van der Waals surface area contributed by atoms with E-state index in [0.29, 0.717) is 19.4 Å². The number of hydrogen-bond donors (Lipinski definition) is 6. The van der Waals surface area contributed by atoms with Crippen LogP contribution in [0.15, 0.2) is 0 Å². The number of carbonyl (C=O) groups is 5. The van der Waals surface area contributed by atoms with Crippen molar-refractivity contribution in [2.75, 3.05) is 53.1 Å². The minimum absolute atomic E-state index is 0.0631. The molecular weight excluding hydrogens is 414 g/mol. The van der Waals surface area contributed by atoms with Gasteiger partial charge in [-0.05, 0) is 26.3 Å². The van der Waals surface area contributed by atoms with Crippen molar-refractivity contribution >= 4 is 29.6 Å². The van der Waals surface area contributed by atoms with E-state index in [-0.39, 0.29) is 57.4 Å². The van der Waals surface area contributed by atoms with Crippen LogP contribution in [0.5, 0.6) is 0 Å². The Balaban J connectivity index is 3.53. The highest BCUT2D eigenvalue weighted by atomic mass is 16.5. The zero-order valence-electron chi connectivity index (χ0n) is 17.7. The van der Waals surface area contributed by atoms with Crippen LogP contribution in [0.25, 0.3) is 0 Å². The average Bonchev–Trinajstić information content (AvgIpc) is 2.69. The van der Waals surface area contributed by atoms with Gasteiger partial charge in [0.1, 0.15) is 19.6 Å². The second-order valence-electron chi connectivity index (χ2n) is 6.46. The third-order valence-corrected chi connectivity index (χ3v) is 3.85. The zero-order chi connectivity index (χ0) is 23.5. The molecule has 178 valence electrons. The zero-order valence-corrected chi connectivity index (χ0v) is 17.7. The number of rotatable bonds is 19. The molecular formula is C18H33N5O8. The van der Waals surface area contributed by atoms with Gasteiger partial charge < -0.3 is 41.6 Å². The molecule has 1 atom stereocenters. The van der Waals surface area contributed by atoms with Gasteiger partial charge in [-0.3, -0.25) is 24.0 Å². The monoisotopic (exact) mass is 447 g/mol. The molecule has 0 aromatic carbocycles. The summed E-state index contributed by atoms with van der Waals surface area (Å²) in [5.74, 6) is -2.93. The number of carbonyl (C=O) groups excluding carboxylic acids is 4. The van der Waals surface area contributed by atoms with Gasteiger partial charge in [0.2, 0.25) is 23.6 Å². The molecule has 0 heterocycles. The molecule has 0 aliphatic heterocycles. The van der Waals surface area contributed by atoms with Crippen LogP contribution >= 0.6 is 0 Å². The minimum Gasteiger partial charge on any atom is -0.481 e. The minimum atomic E-state index is -1.22. The van der Waals surface area contributed by atoms with Crippen molar-refractivity contribution in [2.24, 2.45) is 5.73 Å². The molecule has 0 aromatic heterocycles. The molecule has 0 aliphatic carbocycles. The Labute approximate surface area is 180 Å². The van der Waals surface area contributed by atoms with E-state index in [4.69, 9.17) is 20.3 Å². The highest BCUT2D eigenvalue weighted by Crippen LogP contribution is 1.99. The SMILES string of the molecule is CNC(CCCCNC(=O)COCCNC(=O)COCCNC(=O)CC(=O)O)C(N)=O. The Bertz CT molecular complexity index is 587. The molecule has 13 nitrogen and oxygen atoms in total. The lowest BCUT2D eigenvalue weighted by Crippen LogP contribution is -2.39. The van der Waals surface area contributed by atoms with Crippen LogP contribution in [0.4, 0.5) is 0 Å². The number of amides is 4. The third-order valence-electron chi connectivity index (χ3n) is 3.85. The molecule has 0 aromatic rings. The van der Waals surface area contributed by atoms with Crippen LogP contribution < -0.4 is 27.0 Å². The quantitative estimate of drug-likeness (QED) is 0.0887. The Morgan fingerprint density at radius 3 is 1.84 bits per heavy atom. The van der Waals surface area contributed by atoms with Gasteiger partial charge in [-0.1, -0.05) is 0 Å². The topological polar surface area (TPSA) is 198 Å². The van der Waals surface area contributed by atoms with Crippen LogP contribution in [-0.4, -0.2) is 93.9 Å². The van der Waals surface area contributed by atoms with E-state index in [1.165, 1.54) is 0 Å². The van der Waals surface area contributed by atoms with Gasteiger partial charge >= 0.3 is 5.97 Å². The van der Waals surface area contributed by atoms with E-state index >= 15 is 0 Å². The number of likely N-dealkylation sites (N-methyl/N-ethyl adjacent to an activating group) is 1. The molecule has 4 amide bonds. The van der Waals surface area contributed by atoms with Gasteiger partial charge in [-0.15, -0.1) is 0 Å². The van der Waals surface area contributed by atoms with Crippen molar-refractivity contribution in [1.82, 2.24) is 21.3 Å². The number of nitrogens with two attached hydrogens (primary N) is 1. The first kappa shape index (κ1) is 28.2. The first-order chi connectivity index (χ1) is 14.8. The first-order valence-corrected chi connectivity index (χ1v) is 9.90. The summed E-state index contributed by atoms with van der Waals surface area (Å²) < 4.78 is 10.2. The van der Waals surface area contributed by atoms with Gasteiger partial charge in [0, 0.05) is 19.6 Å². The maximum atomic E-state index is 11.6. The summed E-state index contributed by atoms with van der Waals surface area (Å²) in [6.07, 6.45) is 1.42. The fourth-order valence-corrected chi connectivity index (χ4v) is 2.29. The fraction of sp³-hybridized carbons (Fsp3) is 0.722. The number of ether oxygens (including phenoxy) is 2. The maximum absolute atomic E-state index is 11.6. The Kier molecular flexibility index (Phi) is 16.4. The van der Waals surface area contributed by atoms with Crippen molar-refractivity contribution in [3.05, 3.63) is 0 Å². The number of carboxylic acids is 1. The average molecular weight is 447 g/mol. The van der Waals surface area contributed by atoms with E-state index in [0.717, 1.165) is 6.42 Å². The summed E-state index contributed by atoms with van der Waals surface area (Å²) in [6, 6.07) is -0.371. The standard InChI is InChI=1S/C18H33N5O8/c1-20-13(18(19)29)4-2-3-5-21-15(25)11-31-9-7-23-16(26)12-30-8-6-22-14(24)10-17(27)28/h13,20H,2-12H2,1H3,(H2,19,29)(H,21,25)(H,22,24)(H,23,26)(H,27,28). The third kappa shape index (κ3) is 17.8. The van der Waals surface area contributed by atoms with Crippen LogP contribution in [0, 0.1) is 0 Å². The summed E-state index contributed by atoms with van der Waals surface area (Å²) in [5.41, 5.74) is 5.22. The largest absolute Gasteiger partial charge is 0.481 e. The summed E-state index contributed by atoms with van der Waals surface area (Å²) >= 11 is 0. The van der Waals surface area contributed by atoms with Crippen LogP contribution in [0.1, 0.15) is 25.7 Å². The summed E-state index contributed by atoms with van der Waals surface area (Å²) in [6.45, 7) is 0.604. The van der Waals surface area contributed by atoms with Crippen LogP contribution in [0.3, 0.4) is 0 Å². The predicted octanol–water partition coefficient (Wildman–Crippen LogP) is -2.91. The second-order valence-corrected chi connectivity index (χ2v) is 6.46. The molecule has 0 bridgehead atoms.